The van der Waals surface area contributed by atoms with Gasteiger partial charge >= 0.3 is 11.9 Å². The highest BCUT2D eigenvalue weighted by Crippen LogP contribution is 2.33. The Hall–Kier alpha value is -1.90. The second kappa shape index (κ2) is 5.47. The summed E-state index contributed by atoms with van der Waals surface area (Å²) in [4.78, 5) is 22.9. The Morgan fingerprint density at radius 1 is 1.14 bits per heavy atom. The van der Waals surface area contributed by atoms with Gasteiger partial charge in [0.05, 0.1) is 28.3 Å². The molecule has 0 unspecified atom stereocenters. The fraction of sp³-hybridized carbons (Fsp3) is 0.167. The molecule has 0 spiro atoms. The van der Waals surface area contributed by atoms with Crippen molar-refractivity contribution in [1.82, 2.24) is 8.16 Å². The van der Waals surface area contributed by atoms with Gasteiger partial charge in [0.25, 0.3) is 5.56 Å². The summed E-state index contributed by atoms with van der Waals surface area (Å²) in [5.74, 6) is -1.08. The summed E-state index contributed by atoms with van der Waals surface area (Å²) in [5.41, 5.74) is -3.42. The molecule has 0 atom stereocenters. The molecule has 0 fully saturated rings. The molecule has 0 amide bonds. The van der Waals surface area contributed by atoms with Crippen LogP contribution in [0.3, 0.4) is 0 Å². The monoisotopic (exact) mass is 366 g/mol. The van der Waals surface area contributed by atoms with Crippen LogP contribution in [-0.4, -0.2) is 8.16 Å². The second-order valence-electron chi connectivity index (χ2n) is 4.11. The fourth-order valence-corrected chi connectivity index (χ4v) is 2.09. The minimum absolute atomic E-state index is 0.543. The van der Waals surface area contributed by atoms with E-state index < -0.39 is 40.9 Å². The summed E-state index contributed by atoms with van der Waals surface area (Å²) in [6, 6.07) is 3.52. The molecule has 0 saturated heterocycles. The highest BCUT2D eigenvalue weighted by Gasteiger charge is 2.34. The van der Waals surface area contributed by atoms with Crippen molar-refractivity contribution in [2.24, 2.45) is 0 Å². The zero-order valence-electron chi connectivity index (χ0n) is 10.2. The maximum Gasteiger partial charge on any atom is 0.416 e. The van der Waals surface area contributed by atoms with E-state index in [0.717, 1.165) is 35.0 Å². The summed E-state index contributed by atoms with van der Waals surface area (Å²) in [6.45, 7) is -0.647. The molecule has 1 aromatic heterocycles. The number of rotatable bonds is 2. The maximum atomic E-state index is 13.7. The van der Waals surface area contributed by atoms with Gasteiger partial charge in [-0.15, -0.1) is 0 Å². The Labute approximate surface area is 123 Å². The van der Waals surface area contributed by atoms with E-state index >= 15 is 0 Å². The molecule has 0 aliphatic rings. The predicted molar refractivity (Wildman–Crippen MR) is 69.8 cm³/mol. The Kier molecular flexibility index (Phi) is 4.04. The van der Waals surface area contributed by atoms with Gasteiger partial charge < -0.3 is 0 Å². The van der Waals surface area contributed by atoms with E-state index in [2.05, 4.69) is 16.1 Å². The zero-order chi connectivity index (χ0) is 15.8. The highest BCUT2D eigenvalue weighted by molar-refractivity contribution is 9.08. The summed E-state index contributed by atoms with van der Waals surface area (Å²) in [5, 5.41) is 0. The van der Waals surface area contributed by atoms with Gasteiger partial charge in [0, 0.05) is 17.8 Å². The molecule has 0 aliphatic carbocycles. The van der Waals surface area contributed by atoms with E-state index in [0.29, 0.717) is 3.59 Å². The molecular weight excluding hydrogens is 360 g/mol. The number of hydrogen-bond donors (Lipinski definition) is 0. The third-order valence-electron chi connectivity index (χ3n) is 2.76. The van der Waals surface area contributed by atoms with E-state index in [9.17, 15) is 27.2 Å². The molecule has 0 bridgehead atoms. The van der Waals surface area contributed by atoms with Crippen LogP contribution in [0.5, 0.6) is 0 Å². The third-order valence-corrected chi connectivity index (χ3v) is 3.41. The molecule has 2 rings (SSSR count). The van der Waals surface area contributed by atoms with Crippen molar-refractivity contribution < 1.29 is 17.6 Å². The quantitative estimate of drug-likeness (QED) is 0.766. The van der Waals surface area contributed by atoms with Crippen LogP contribution in [0.1, 0.15) is 11.1 Å². The minimum atomic E-state index is -4.75. The topological polar surface area (TPSA) is 44.0 Å². The van der Waals surface area contributed by atoms with Crippen molar-refractivity contribution in [3.05, 3.63) is 68.2 Å². The number of aromatic nitrogens is 2. The Bertz CT molecular complexity index is 795. The summed E-state index contributed by atoms with van der Waals surface area (Å²) < 4.78 is 53.6. The largest absolute Gasteiger partial charge is 0.416 e. The first kappa shape index (κ1) is 15.5. The Morgan fingerprint density at radius 2 is 1.81 bits per heavy atom. The van der Waals surface area contributed by atoms with Crippen molar-refractivity contribution in [3.8, 4) is 0 Å². The Balaban J connectivity index is 2.58. The molecule has 2 aromatic rings. The molecule has 0 radical (unpaired) electrons. The van der Waals surface area contributed by atoms with E-state index in [-0.39, 0.29) is 0 Å². The molecule has 1 aromatic carbocycles. The van der Waals surface area contributed by atoms with Crippen LogP contribution >= 0.6 is 16.1 Å². The third kappa shape index (κ3) is 3.07. The van der Waals surface area contributed by atoms with E-state index in [1.807, 2.05) is 0 Å². The number of nitrogens with zero attached hydrogens (tertiary/aromatic N) is 2. The van der Waals surface area contributed by atoms with Gasteiger partial charge in [0.15, 0.2) is 0 Å². The zero-order valence-corrected chi connectivity index (χ0v) is 11.8. The minimum Gasteiger partial charge on any atom is -0.295 e. The van der Waals surface area contributed by atoms with Crippen molar-refractivity contribution in [1.29, 1.82) is 0 Å². The second-order valence-corrected chi connectivity index (χ2v) is 4.82. The van der Waals surface area contributed by atoms with Gasteiger partial charge in [-0.3, -0.25) is 9.36 Å². The standard InChI is InChI=1S/C12H7BrF4N2O2/c13-19-10(20)4-5-18(11(19)21)6-7-8(12(15,16)17)2-1-3-9(7)14/h1-5H,6H2. The lowest BCUT2D eigenvalue weighted by atomic mass is 10.1. The average Bonchev–Trinajstić information content (AvgIpc) is 2.40. The molecule has 1 heterocycles. The van der Waals surface area contributed by atoms with Crippen LogP contribution in [0.25, 0.3) is 0 Å². The van der Waals surface area contributed by atoms with Crippen LogP contribution in [0.4, 0.5) is 17.6 Å². The van der Waals surface area contributed by atoms with Gasteiger partial charge in [0.1, 0.15) is 5.82 Å². The SMILES string of the molecule is O=c1ccn(Cc2c(F)cccc2C(F)(F)F)c(=O)n1Br. The first-order chi connectivity index (χ1) is 9.71. The first-order valence-electron chi connectivity index (χ1n) is 5.55. The average molecular weight is 367 g/mol. The van der Waals surface area contributed by atoms with Crippen molar-refractivity contribution in [2.75, 3.05) is 0 Å². The molecule has 21 heavy (non-hydrogen) atoms. The lowest BCUT2D eigenvalue weighted by Gasteiger charge is -2.14. The number of hydrogen-bond acceptors (Lipinski definition) is 2. The highest BCUT2D eigenvalue weighted by atomic mass is 79.9. The van der Waals surface area contributed by atoms with Crippen LogP contribution in [0.2, 0.25) is 0 Å². The van der Waals surface area contributed by atoms with Gasteiger partial charge in [0.2, 0.25) is 0 Å². The Morgan fingerprint density at radius 3 is 2.43 bits per heavy atom. The van der Waals surface area contributed by atoms with Gasteiger partial charge in [-0.25, -0.2) is 9.18 Å². The summed E-state index contributed by atoms with van der Waals surface area (Å²) in [6.07, 6.45) is -3.74. The van der Waals surface area contributed by atoms with Crippen LogP contribution in [0.15, 0.2) is 40.1 Å². The lowest BCUT2D eigenvalue weighted by molar-refractivity contribution is -0.138. The molecule has 0 saturated carbocycles. The lowest BCUT2D eigenvalue weighted by Crippen LogP contribution is -2.34. The van der Waals surface area contributed by atoms with Crippen molar-refractivity contribution in [2.45, 2.75) is 12.7 Å². The smallest absolute Gasteiger partial charge is 0.295 e. The molecule has 0 N–H and O–H groups in total. The molecular formula is C12H7BrF4N2O2. The normalized spacial score (nSPS) is 11.7. The van der Waals surface area contributed by atoms with Crippen molar-refractivity contribution >= 4 is 16.1 Å². The molecule has 112 valence electrons. The number of benzene rings is 1. The van der Waals surface area contributed by atoms with Gasteiger partial charge in [-0.2, -0.15) is 16.8 Å². The number of alkyl halides is 3. The van der Waals surface area contributed by atoms with E-state index in [1.54, 1.807) is 0 Å². The van der Waals surface area contributed by atoms with Crippen LogP contribution in [-0.2, 0) is 12.7 Å². The molecule has 9 heteroatoms. The maximum absolute atomic E-state index is 13.7. The van der Waals surface area contributed by atoms with Crippen LogP contribution < -0.4 is 11.2 Å². The van der Waals surface area contributed by atoms with Gasteiger partial charge in [-0.1, -0.05) is 6.07 Å². The fourth-order valence-electron chi connectivity index (χ4n) is 1.77. The van der Waals surface area contributed by atoms with Crippen molar-refractivity contribution in [3.63, 3.8) is 0 Å². The number of halogens is 5. The summed E-state index contributed by atoms with van der Waals surface area (Å²) in [7, 11) is 0. The van der Waals surface area contributed by atoms with E-state index in [1.165, 1.54) is 0 Å². The van der Waals surface area contributed by atoms with Gasteiger partial charge in [-0.05, 0) is 12.1 Å². The molecule has 0 aliphatic heterocycles. The van der Waals surface area contributed by atoms with Crippen LogP contribution in [0, 0.1) is 5.82 Å². The first-order valence-corrected chi connectivity index (χ1v) is 6.26. The predicted octanol–water partition coefficient (Wildman–Crippen LogP) is 2.37. The van der Waals surface area contributed by atoms with E-state index in [4.69, 9.17) is 0 Å². The summed E-state index contributed by atoms with van der Waals surface area (Å²) >= 11 is 2.67. The molecule has 4 nitrogen and oxygen atoms in total.